The van der Waals surface area contributed by atoms with Crippen LogP contribution in [0.25, 0.3) is 0 Å². The molecular weight excluding hydrogens is 328 g/mol. The fraction of sp³-hybridized carbons (Fsp3) is 0.778. The van der Waals surface area contributed by atoms with Crippen LogP contribution in [0.4, 0.5) is 0 Å². The smallest absolute Gasteiger partial charge is 0.329 e. The van der Waals surface area contributed by atoms with E-state index in [0.717, 1.165) is 0 Å². The molecule has 0 aromatic rings. The third-order valence-electron chi connectivity index (χ3n) is 2.70. The molecule has 0 aromatic heterocycles. The number of rotatable bonds is 16. The molecule has 0 atom stereocenters. The highest BCUT2D eigenvalue weighted by Crippen LogP contribution is 2.20. The van der Waals surface area contributed by atoms with Gasteiger partial charge in [-0.25, -0.2) is 0 Å². The Morgan fingerprint density at radius 1 is 0.480 bits per heavy atom. The first-order valence-corrected chi connectivity index (χ1v) is 8.98. The molecule has 0 aliphatic rings. The molecule has 0 saturated heterocycles. The van der Waals surface area contributed by atoms with E-state index in [9.17, 15) is 0 Å². The maximum Gasteiger partial charge on any atom is 0.329 e. The van der Waals surface area contributed by atoms with Gasteiger partial charge in [-0.3, -0.25) is 0 Å². The molecule has 0 saturated carbocycles. The Hall–Kier alpha value is -1.60. The van der Waals surface area contributed by atoms with Crippen molar-refractivity contribution in [2.24, 2.45) is 0 Å². The zero-order valence-corrected chi connectivity index (χ0v) is 16.5. The highest BCUT2D eigenvalue weighted by molar-refractivity contribution is 5.03. The first-order valence-electron chi connectivity index (χ1n) is 8.98. The van der Waals surface area contributed by atoms with Crippen LogP contribution in [0.2, 0.25) is 0 Å². The molecule has 7 nitrogen and oxygen atoms in total. The van der Waals surface area contributed by atoms with Gasteiger partial charge in [0.1, 0.15) is 13.2 Å². The summed E-state index contributed by atoms with van der Waals surface area (Å²) in [6.45, 7) is 14.7. The van der Waals surface area contributed by atoms with E-state index in [1.807, 2.05) is 41.5 Å². The van der Waals surface area contributed by atoms with Gasteiger partial charge in [0.05, 0.1) is 26.4 Å². The Morgan fingerprint density at radius 2 is 0.840 bits per heavy atom. The summed E-state index contributed by atoms with van der Waals surface area (Å²) < 4.78 is 39.2. The third-order valence-corrected chi connectivity index (χ3v) is 2.70. The minimum atomic E-state index is 0.204. The largest absolute Gasteiger partial charge is 0.489 e. The van der Waals surface area contributed by atoms with Gasteiger partial charge in [0.15, 0.2) is 0 Å². The van der Waals surface area contributed by atoms with Crippen LogP contribution in [0.1, 0.15) is 41.5 Å². The maximum absolute atomic E-state index is 5.86. The van der Waals surface area contributed by atoms with E-state index in [-0.39, 0.29) is 25.1 Å². The Morgan fingerprint density at radius 3 is 1.12 bits per heavy atom. The molecule has 0 aliphatic heterocycles. The molecular formula is C18H34O7. The maximum atomic E-state index is 5.86. The SMILES string of the molecule is CCOC/C(OCC)=C(/OCC)O/C(OCC)=C(\COCC)OCC. The van der Waals surface area contributed by atoms with Crippen molar-refractivity contribution in [2.45, 2.75) is 41.5 Å². The quantitative estimate of drug-likeness (QED) is 0.389. The molecule has 7 heteroatoms. The van der Waals surface area contributed by atoms with Crippen LogP contribution in [0.5, 0.6) is 0 Å². The molecule has 0 spiro atoms. The van der Waals surface area contributed by atoms with Crippen molar-refractivity contribution >= 4 is 0 Å². The van der Waals surface area contributed by atoms with Crippen LogP contribution < -0.4 is 0 Å². The van der Waals surface area contributed by atoms with Gasteiger partial charge in [0, 0.05) is 13.2 Å². The van der Waals surface area contributed by atoms with Crippen LogP contribution >= 0.6 is 0 Å². The lowest BCUT2D eigenvalue weighted by molar-refractivity contribution is -0.0372. The molecule has 0 aliphatic carbocycles. The van der Waals surface area contributed by atoms with Gasteiger partial charge in [-0.2, -0.15) is 0 Å². The Balaban J connectivity index is 5.63. The molecule has 0 rings (SSSR count). The highest BCUT2D eigenvalue weighted by atomic mass is 16.8. The van der Waals surface area contributed by atoms with Crippen LogP contribution in [-0.4, -0.2) is 52.9 Å². The summed E-state index contributed by atoms with van der Waals surface area (Å²) in [5.74, 6) is 1.34. The minimum Gasteiger partial charge on any atom is -0.489 e. The second kappa shape index (κ2) is 15.9. The zero-order valence-electron chi connectivity index (χ0n) is 16.5. The van der Waals surface area contributed by atoms with Crippen molar-refractivity contribution < 1.29 is 33.2 Å². The van der Waals surface area contributed by atoms with Crippen molar-refractivity contribution in [2.75, 3.05) is 52.9 Å². The highest BCUT2D eigenvalue weighted by Gasteiger charge is 2.20. The Labute approximate surface area is 151 Å². The fourth-order valence-corrected chi connectivity index (χ4v) is 1.74. The second-order valence-corrected chi connectivity index (χ2v) is 4.53. The van der Waals surface area contributed by atoms with Crippen molar-refractivity contribution in [3.8, 4) is 0 Å². The lowest BCUT2D eigenvalue weighted by Gasteiger charge is -2.19. The summed E-state index contributed by atoms with van der Waals surface area (Å²) in [5.41, 5.74) is 0. The molecule has 0 amide bonds. The molecule has 0 bridgehead atoms. The van der Waals surface area contributed by atoms with E-state index in [2.05, 4.69) is 0 Å². The summed E-state index contributed by atoms with van der Waals surface area (Å²) in [6.07, 6.45) is 0. The number of ether oxygens (including phenoxy) is 7. The molecule has 0 unspecified atom stereocenters. The fourth-order valence-electron chi connectivity index (χ4n) is 1.74. The summed E-state index contributed by atoms with van der Waals surface area (Å²) in [6, 6.07) is 0. The van der Waals surface area contributed by atoms with Crippen molar-refractivity contribution in [3.05, 3.63) is 23.4 Å². The monoisotopic (exact) mass is 362 g/mol. The average Bonchev–Trinajstić information content (AvgIpc) is 2.61. The zero-order chi connectivity index (χ0) is 18.9. The van der Waals surface area contributed by atoms with Gasteiger partial charge < -0.3 is 33.2 Å². The van der Waals surface area contributed by atoms with E-state index in [1.54, 1.807) is 0 Å². The van der Waals surface area contributed by atoms with Crippen LogP contribution in [0.3, 0.4) is 0 Å². The topological polar surface area (TPSA) is 64.6 Å². The molecule has 0 radical (unpaired) electrons. The lowest BCUT2D eigenvalue weighted by Crippen LogP contribution is -2.15. The Kier molecular flexibility index (Phi) is 14.9. The standard InChI is InChI=1S/C18H34O7/c1-7-19-13-15(21-9-3)17(23-11-5)25-18(24-12-6)16(22-10-4)14-20-8-2/h7-14H2,1-6H3/b17-15+,18-16+. The molecule has 0 fully saturated rings. The van der Waals surface area contributed by atoms with Crippen LogP contribution in [0, 0.1) is 0 Å². The predicted octanol–water partition coefficient (Wildman–Crippen LogP) is 3.56. The average molecular weight is 362 g/mol. The van der Waals surface area contributed by atoms with Crippen LogP contribution in [-0.2, 0) is 33.2 Å². The molecule has 0 aromatic carbocycles. The van der Waals surface area contributed by atoms with Crippen molar-refractivity contribution in [1.29, 1.82) is 0 Å². The molecule has 148 valence electrons. The van der Waals surface area contributed by atoms with E-state index >= 15 is 0 Å². The lowest BCUT2D eigenvalue weighted by atomic mass is 10.5. The van der Waals surface area contributed by atoms with E-state index < -0.39 is 0 Å². The van der Waals surface area contributed by atoms with E-state index in [0.29, 0.717) is 51.2 Å². The molecule has 25 heavy (non-hydrogen) atoms. The minimum absolute atomic E-state index is 0.204. The van der Waals surface area contributed by atoms with E-state index in [1.165, 1.54) is 0 Å². The van der Waals surface area contributed by atoms with Gasteiger partial charge in [-0.05, 0) is 41.5 Å². The number of hydrogen-bond acceptors (Lipinski definition) is 7. The van der Waals surface area contributed by atoms with E-state index in [4.69, 9.17) is 33.2 Å². The van der Waals surface area contributed by atoms with Crippen molar-refractivity contribution in [3.63, 3.8) is 0 Å². The number of hydrogen-bond donors (Lipinski definition) is 0. The summed E-state index contributed by atoms with van der Waals surface area (Å²) in [5, 5.41) is 0. The second-order valence-electron chi connectivity index (χ2n) is 4.53. The summed E-state index contributed by atoms with van der Waals surface area (Å²) in [4.78, 5) is 0. The first kappa shape index (κ1) is 23.4. The molecule has 0 N–H and O–H groups in total. The van der Waals surface area contributed by atoms with Crippen molar-refractivity contribution in [1.82, 2.24) is 0 Å². The van der Waals surface area contributed by atoms with Crippen LogP contribution in [0.15, 0.2) is 23.4 Å². The Bertz CT molecular complexity index is 355. The normalized spacial score (nSPS) is 12.9. The summed E-state index contributed by atoms with van der Waals surface area (Å²) in [7, 11) is 0. The first-order chi connectivity index (χ1) is 12.2. The van der Waals surface area contributed by atoms with Gasteiger partial charge in [-0.1, -0.05) is 0 Å². The van der Waals surface area contributed by atoms with Gasteiger partial charge >= 0.3 is 11.9 Å². The predicted molar refractivity (Wildman–Crippen MR) is 94.6 cm³/mol. The third kappa shape index (κ3) is 10.1. The summed E-state index contributed by atoms with van der Waals surface area (Å²) >= 11 is 0. The molecule has 0 heterocycles. The van der Waals surface area contributed by atoms with Gasteiger partial charge in [-0.15, -0.1) is 0 Å². The van der Waals surface area contributed by atoms with Gasteiger partial charge in [0.2, 0.25) is 11.5 Å². The van der Waals surface area contributed by atoms with Gasteiger partial charge in [0.25, 0.3) is 0 Å².